The zero-order valence-corrected chi connectivity index (χ0v) is 46.8. The summed E-state index contributed by atoms with van der Waals surface area (Å²) in [4.78, 5) is 0. The number of nitrogens with zero attached hydrogens (tertiary/aromatic N) is 4. The summed E-state index contributed by atoms with van der Waals surface area (Å²) < 4.78 is 60.4. The Hall–Kier alpha value is -1.38. The fourth-order valence-corrected chi connectivity index (χ4v) is 15.1. The van der Waals surface area contributed by atoms with Crippen molar-refractivity contribution in [1.82, 2.24) is 17.5 Å². The molecule has 0 atom stereocenters. The van der Waals surface area contributed by atoms with Crippen LogP contribution in [0.15, 0.2) is 12.1 Å². The number of hydrogen-bond acceptors (Lipinski definition) is 6. The van der Waals surface area contributed by atoms with Crippen LogP contribution in [0.5, 0.6) is 0 Å². The summed E-state index contributed by atoms with van der Waals surface area (Å²) in [5.41, 5.74) is 7.85. The van der Waals surface area contributed by atoms with Crippen molar-refractivity contribution in [2.45, 2.75) is 244 Å². The predicted octanol–water partition coefficient (Wildman–Crippen LogP) is 20.3. The molecule has 3 aromatic carbocycles. The van der Waals surface area contributed by atoms with Crippen LogP contribution in [0.3, 0.4) is 0 Å². The minimum Gasteiger partial charge on any atom is -0.206 e. The number of fused-ring (bicyclic) bond motifs is 10. The largest absolute Gasteiger partial charge is 0.206 e. The summed E-state index contributed by atoms with van der Waals surface area (Å²) in [5.74, 6) is -0.403. The highest BCUT2D eigenvalue weighted by Crippen LogP contribution is 2.65. The van der Waals surface area contributed by atoms with Gasteiger partial charge in [0.15, 0.2) is 0 Å². The van der Waals surface area contributed by atoms with Gasteiger partial charge in [0, 0.05) is 51.4 Å². The number of unbranched alkanes of at least 4 members (excludes halogenated alkanes) is 24. The van der Waals surface area contributed by atoms with Crippen molar-refractivity contribution < 1.29 is 8.78 Å². The molecule has 0 saturated carbocycles. The first-order chi connectivity index (χ1) is 32.3. The van der Waals surface area contributed by atoms with Crippen molar-refractivity contribution in [3.8, 4) is 22.3 Å². The molecule has 10 heteroatoms. The van der Waals surface area contributed by atoms with Gasteiger partial charge in [-0.1, -0.05) is 207 Å². The van der Waals surface area contributed by atoms with Crippen molar-refractivity contribution in [3.05, 3.63) is 53.2 Å². The number of aromatic nitrogens is 4. The van der Waals surface area contributed by atoms with Gasteiger partial charge < -0.3 is 0 Å². The highest BCUT2D eigenvalue weighted by atomic mass is 127. The highest BCUT2D eigenvalue weighted by molar-refractivity contribution is 14.1. The lowest BCUT2D eigenvalue weighted by atomic mass is 9.68. The van der Waals surface area contributed by atoms with Crippen molar-refractivity contribution in [2.75, 3.05) is 0 Å². The summed E-state index contributed by atoms with van der Waals surface area (Å²) in [6.07, 6.45) is 36.3. The maximum absolute atomic E-state index is 19.4. The molecular formula is C56H78F2I2N4S2. The Balaban J connectivity index is 1.43. The molecule has 0 fully saturated rings. The molecule has 0 unspecified atom stereocenters. The molecule has 5 aromatic rings. The van der Waals surface area contributed by atoms with Crippen LogP contribution in [-0.4, -0.2) is 17.5 Å². The summed E-state index contributed by atoms with van der Waals surface area (Å²) in [7, 11) is 0. The second-order valence-corrected chi connectivity index (χ2v) is 23.6. The van der Waals surface area contributed by atoms with Crippen molar-refractivity contribution in [2.24, 2.45) is 0 Å². The molecule has 4 nitrogen and oxygen atoms in total. The third-order valence-corrected chi connectivity index (χ3v) is 18.4. The lowest BCUT2D eigenvalue weighted by Gasteiger charge is -2.35. The van der Waals surface area contributed by atoms with Gasteiger partial charge >= 0.3 is 0 Å². The van der Waals surface area contributed by atoms with E-state index in [9.17, 15) is 0 Å². The molecule has 0 spiro atoms. The second-order valence-electron chi connectivity index (χ2n) is 20.3. The quantitative estimate of drug-likeness (QED) is 0.0318. The minimum absolute atomic E-state index is 0.201. The van der Waals surface area contributed by atoms with Gasteiger partial charge in [0.1, 0.15) is 33.7 Å². The molecule has 2 aliphatic rings. The molecule has 0 N–H and O–H groups in total. The Morgan fingerprint density at radius 2 is 0.636 bits per heavy atom. The second kappa shape index (κ2) is 25.7. The van der Waals surface area contributed by atoms with E-state index in [0.29, 0.717) is 22.3 Å². The predicted molar refractivity (Wildman–Crippen MR) is 297 cm³/mol. The fourth-order valence-electron chi connectivity index (χ4n) is 12.2. The topological polar surface area (TPSA) is 51.6 Å². The maximum atomic E-state index is 19.4. The smallest absolute Gasteiger partial charge is 0.136 e. The van der Waals surface area contributed by atoms with Gasteiger partial charge in [0.05, 0.1) is 23.5 Å². The first kappa shape index (κ1) is 52.4. The molecule has 0 radical (unpaired) electrons. The molecule has 0 aliphatic heterocycles. The molecule has 0 amide bonds. The van der Waals surface area contributed by atoms with E-state index in [4.69, 9.17) is 17.5 Å². The molecule has 66 heavy (non-hydrogen) atoms. The normalized spacial score (nSPS) is 14.4. The minimum atomic E-state index is -0.666. The van der Waals surface area contributed by atoms with Crippen LogP contribution in [0.25, 0.3) is 44.3 Å². The average Bonchev–Trinajstić information content (AvgIpc) is 4.11. The van der Waals surface area contributed by atoms with Crippen molar-refractivity contribution >= 4 is 90.7 Å². The summed E-state index contributed by atoms with van der Waals surface area (Å²) >= 11 is 7.24. The van der Waals surface area contributed by atoms with E-state index in [-0.39, 0.29) is 11.6 Å². The van der Waals surface area contributed by atoms with E-state index in [2.05, 4.69) is 85.0 Å². The van der Waals surface area contributed by atoms with E-state index in [1.807, 2.05) is 0 Å². The van der Waals surface area contributed by atoms with Gasteiger partial charge in [0.2, 0.25) is 0 Å². The number of rotatable bonds is 32. The van der Waals surface area contributed by atoms with Crippen LogP contribution in [0.1, 0.15) is 255 Å². The monoisotopic (exact) mass is 1160 g/mol. The van der Waals surface area contributed by atoms with Gasteiger partial charge in [-0.3, -0.25) is 0 Å². The first-order valence-electron chi connectivity index (χ1n) is 26.8. The highest BCUT2D eigenvalue weighted by Gasteiger charge is 2.54. The van der Waals surface area contributed by atoms with Crippen molar-refractivity contribution in [1.29, 1.82) is 0 Å². The van der Waals surface area contributed by atoms with Crippen LogP contribution in [0.4, 0.5) is 8.78 Å². The zero-order valence-electron chi connectivity index (χ0n) is 40.9. The standard InChI is InChI=1S/C56H78F2I2N4S2/c1-5-9-13-17-21-25-29-33-55(34-30-26-22-18-14-10-6-2)39-37-41(59)51-53(63-65-61-51)43(39)45-47(55)49(57)46-44-40(38-42(60)52-54(44)64-66-62-52)56(48(46)50(45)58,35-31-27-23-19-15-11-7-3)36-32-28-24-20-16-12-8-4/h37-38H,5-36H2,1-4H3. The lowest BCUT2D eigenvalue weighted by Crippen LogP contribution is -2.29. The molecule has 2 heterocycles. The van der Waals surface area contributed by atoms with E-state index in [0.717, 1.165) is 129 Å². The zero-order chi connectivity index (χ0) is 46.5. The molecular weight excluding hydrogens is 1080 g/mol. The average molecular weight is 1160 g/mol. The van der Waals surface area contributed by atoms with Crippen LogP contribution < -0.4 is 0 Å². The van der Waals surface area contributed by atoms with Gasteiger partial charge in [-0.2, -0.15) is 17.5 Å². The Morgan fingerprint density at radius 1 is 0.379 bits per heavy atom. The SMILES string of the molecule is CCCCCCCCCC1(CCCCCCCCC)c2cc(I)c3nsnc3c2-c2c(F)c3c(c(F)c21)-c1c(cc(I)c2nsnc12)C3(CCCCCCCCC)CCCCCCCCC. The van der Waals surface area contributed by atoms with Gasteiger partial charge in [-0.15, -0.1) is 0 Å². The third kappa shape index (κ3) is 11.1. The van der Waals surface area contributed by atoms with Crippen LogP contribution in [0, 0.1) is 18.8 Å². The van der Waals surface area contributed by atoms with Gasteiger partial charge in [-0.05, 0) is 94.1 Å². The summed E-state index contributed by atoms with van der Waals surface area (Å²) in [6, 6.07) is 4.55. The molecule has 7 rings (SSSR count). The van der Waals surface area contributed by atoms with Gasteiger partial charge in [-0.25, -0.2) is 8.78 Å². The summed E-state index contributed by atoms with van der Waals surface area (Å²) in [6.45, 7) is 9.09. The van der Waals surface area contributed by atoms with Crippen LogP contribution >= 0.6 is 68.6 Å². The Morgan fingerprint density at radius 3 is 0.924 bits per heavy atom. The first-order valence-corrected chi connectivity index (χ1v) is 30.4. The molecule has 2 aliphatic carbocycles. The molecule has 0 saturated heterocycles. The third-order valence-electron chi connectivity index (χ3n) is 15.7. The van der Waals surface area contributed by atoms with Gasteiger partial charge in [0.25, 0.3) is 0 Å². The van der Waals surface area contributed by atoms with Crippen molar-refractivity contribution in [3.63, 3.8) is 0 Å². The lowest BCUT2D eigenvalue weighted by molar-refractivity contribution is 0.374. The molecule has 0 bridgehead atoms. The number of hydrogen-bond donors (Lipinski definition) is 0. The van der Waals surface area contributed by atoms with Crippen LogP contribution in [0.2, 0.25) is 0 Å². The molecule has 2 aromatic heterocycles. The Labute approximate surface area is 432 Å². The fraction of sp³-hybridized carbons (Fsp3) is 0.679. The van der Waals surface area contributed by atoms with E-state index >= 15 is 8.78 Å². The molecule has 362 valence electrons. The van der Waals surface area contributed by atoms with Crippen LogP contribution in [-0.2, 0) is 10.8 Å². The van der Waals surface area contributed by atoms with E-state index < -0.39 is 10.8 Å². The van der Waals surface area contributed by atoms with E-state index in [1.165, 1.54) is 152 Å². The number of benzene rings is 3. The Kier molecular flexibility index (Phi) is 20.4. The maximum Gasteiger partial charge on any atom is 0.136 e. The summed E-state index contributed by atoms with van der Waals surface area (Å²) in [5, 5.41) is 0. The number of halogens is 4. The Bertz CT molecular complexity index is 2140. The van der Waals surface area contributed by atoms with E-state index in [1.54, 1.807) is 0 Å².